The quantitative estimate of drug-likeness (QED) is 0.0324. The van der Waals surface area contributed by atoms with E-state index in [1.165, 1.54) is 30.9 Å². The van der Waals surface area contributed by atoms with Crippen molar-refractivity contribution in [1.82, 2.24) is 38.6 Å². The zero-order valence-electron chi connectivity index (χ0n) is 31.8. The molecule has 3 aliphatic rings. The Bertz CT molecular complexity index is 2760. The van der Waals surface area contributed by atoms with Gasteiger partial charge in [-0.2, -0.15) is 4.98 Å². The number of rotatable bonds is 15. The van der Waals surface area contributed by atoms with Crippen molar-refractivity contribution in [3.05, 3.63) is 92.3 Å². The average Bonchev–Trinajstić information content (AvgIpc) is 3.97. The van der Waals surface area contributed by atoms with Crippen LogP contribution in [0.3, 0.4) is 0 Å². The molecule has 2 unspecified atom stereocenters. The molecular formula is C30H38N12O17P2. The number of aryl methyl sites for hydroxylation is 2. The molecule has 0 bridgehead atoms. The minimum absolute atomic E-state index is 0.0210. The first-order valence-electron chi connectivity index (χ1n) is 18.1. The number of nitrogens with two attached hydrogens (primary N) is 1. The van der Waals surface area contributed by atoms with Gasteiger partial charge in [0.15, 0.2) is 11.2 Å². The number of anilines is 1. The average molecular weight is 901 g/mol. The van der Waals surface area contributed by atoms with Gasteiger partial charge in [-0.15, -0.1) is 0 Å². The summed E-state index contributed by atoms with van der Waals surface area (Å²) in [6.45, 7) is 0.861. The number of imidazole rings is 1. The molecule has 61 heavy (non-hydrogen) atoms. The van der Waals surface area contributed by atoms with Crippen LogP contribution in [-0.2, 0) is 41.4 Å². The van der Waals surface area contributed by atoms with Gasteiger partial charge >= 0.3 is 27.0 Å². The first-order valence-corrected chi connectivity index (χ1v) is 21.1. The molecule has 7 rings (SSSR count). The number of H-pyrrole nitrogens is 3. The minimum atomic E-state index is -5.13. The van der Waals surface area contributed by atoms with Gasteiger partial charge in [-0.25, -0.2) is 23.7 Å². The molecule has 11 atom stereocenters. The number of fused-ring (bicyclic) bond motifs is 1. The van der Waals surface area contributed by atoms with Crippen LogP contribution >= 0.6 is 15.6 Å². The summed E-state index contributed by atoms with van der Waals surface area (Å²) >= 11 is 0. The second-order valence-corrected chi connectivity index (χ2v) is 16.9. The molecule has 0 amide bonds. The molecule has 8 N–H and O–H groups in total. The third kappa shape index (κ3) is 9.68. The number of aromatic amines is 3. The number of ether oxygens (including phenoxy) is 3. The van der Waals surface area contributed by atoms with Crippen molar-refractivity contribution in [2.75, 3.05) is 25.5 Å². The third-order valence-corrected chi connectivity index (χ3v) is 11.9. The number of phosphoric ester groups is 2. The van der Waals surface area contributed by atoms with Gasteiger partial charge in [-0.1, -0.05) is 5.11 Å². The molecule has 3 saturated heterocycles. The van der Waals surface area contributed by atoms with Crippen LogP contribution in [0.5, 0.6) is 0 Å². The molecular weight excluding hydrogens is 862 g/mol. The molecule has 0 spiro atoms. The van der Waals surface area contributed by atoms with Crippen molar-refractivity contribution >= 4 is 32.8 Å². The Kier molecular flexibility index (Phi) is 12.5. The van der Waals surface area contributed by atoms with Crippen LogP contribution in [0.1, 0.15) is 49.1 Å². The number of aliphatic hydroxyl groups excluding tert-OH is 1. The smallest absolute Gasteiger partial charge is 0.390 e. The number of phosphoric acid groups is 2. The summed E-state index contributed by atoms with van der Waals surface area (Å²) in [4.78, 5) is 100. The number of hydrogen-bond donors (Lipinski definition) is 7. The van der Waals surface area contributed by atoms with E-state index in [2.05, 4.69) is 34.9 Å². The van der Waals surface area contributed by atoms with Crippen molar-refractivity contribution in [2.45, 2.75) is 88.4 Å². The van der Waals surface area contributed by atoms with E-state index in [4.69, 9.17) is 43.6 Å². The number of azide groups is 1. The first-order chi connectivity index (χ1) is 28.8. The Balaban J connectivity index is 1.05. The molecule has 0 radical (unpaired) electrons. The standard InChI is InChI=1S/C30H38N12O17P2/c1-12-7-40(29(47)37-25(12)44)20-3-14(43)18(56-20)9-53-60(49,50)59-16-5-21(41-8-13(2)26(45)38-30(41)48)57-19(16)10-54-61(51,52)58-15-4-22(55-17(15)6-34-39-32)42-11-33-23-24(42)35-28(31)36-27(23)46/h7-8,11,14-22,43H,3-6,9-10H2,1-2H3,(H,49,50)(H,51,52)(H,37,44,47)(H,38,45,48)(H3,31,35,36,46)/t14-,15-,16-,17+,18+,19+,20+,21+,22+/m0/s1. The lowest BCUT2D eigenvalue weighted by Crippen LogP contribution is -2.33. The highest BCUT2D eigenvalue weighted by atomic mass is 31.2. The van der Waals surface area contributed by atoms with Crippen LogP contribution in [0, 0.1) is 13.8 Å². The second kappa shape index (κ2) is 17.3. The molecule has 330 valence electrons. The Hall–Kier alpha value is -5.12. The summed E-state index contributed by atoms with van der Waals surface area (Å²) in [5.74, 6) is -0.222. The van der Waals surface area contributed by atoms with E-state index in [0.29, 0.717) is 0 Å². The van der Waals surface area contributed by atoms with Crippen molar-refractivity contribution in [1.29, 1.82) is 0 Å². The predicted molar refractivity (Wildman–Crippen MR) is 202 cm³/mol. The molecule has 0 saturated carbocycles. The lowest BCUT2D eigenvalue weighted by molar-refractivity contribution is -0.0592. The Morgan fingerprint density at radius 3 is 1.92 bits per heavy atom. The van der Waals surface area contributed by atoms with Crippen molar-refractivity contribution in [2.24, 2.45) is 5.11 Å². The van der Waals surface area contributed by atoms with E-state index in [1.54, 1.807) is 0 Å². The number of hydrogen-bond acceptors (Lipinski definition) is 19. The van der Waals surface area contributed by atoms with Crippen LogP contribution in [0.15, 0.2) is 47.8 Å². The van der Waals surface area contributed by atoms with Gasteiger partial charge in [0, 0.05) is 47.7 Å². The van der Waals surface area contributed by atoms with Gasteiger partial charge in [0.25, 0.3) is 16.7 Å². The van der Waals surface area contributed by atoms with Gasteiger partial charge in [0.2, 0.25) is 5.95 Å². The van der Waals surface area contributed by atoms with Gasteiger partial charge in [0.1, 0.15) is 43.1 Å². The molecule has 3 fully saturated rings. The highest BCUT2D eigenvalue weighted by molar-refractivity contribution is 7.47. The molecule has 7 heterocycles. The fraction of sp³-hybridized carbons (Fsp3) is 0.567. The third-order valence-electron chi connectivity index (χ3n) is 9.90. The number of aromatic nitrogens is 8. The minimum Gasteiger partial charge on any atom is -0.390 e. The van der Waals surface area contributed by atoms with E-state index in [9.17, 15) is 48.0 Å². The second-order valence-electron chi connectivity index (χ2n) is 14.1. The van der Waals surface area contributed by atoms with Crippen LogP contribution in [-0.4, -0.2) is 110 Å². The molecule has 0 aromatic carbocycles. The van der Waals surface area contributed by atoms with E-state index < -0.39 is 112 Å². The molecule has 0 aliphatic carbocycles. The highest BCUT2D eigenvalue weighted by Gasteiger charge is 2.46. The van der Waals surface area contributed by atoms with E-state index in [-0.39, 0.29) is 54.0 Å². The largest absolute Gasteiger partial charge is 0.472 e. The lowest BCUT2D eigenvalue weighted by Gasteiger charge is -2.24. The van der Waals surface area contributed by atoms with E-state index in [0.717, 1.165) is 15.3 Å². The molecule has 3 aliphatic heterocycles. The summed E-state index contributed by atoms with van der Waals surface area (Å²) in [6.07, 6.45) is -8.49. The summed E-state index contributed by atoms with van der Waals surface area (Å²) in [5.41, 5.74) is 11.2. The molecule has 4 aromatic rings. The molecule has 4 aromatic heterocycles. The lowest BCUT2D eigenvalue weighted by atomic mass is 10.2. The summed E-state index contributed by atoms with van der Waals surface area (Å²) in [5, 5.41) is 14.1. The van der Waals surface area contributed by atoms with Gasteiger partial charge in [-0.05, 0) is 19.4 Å². The summed E-state index contributed by atoms with van der Waals surface area (Å²) in [7, 11) is -10.3. The summed E-state index contributed by atoms with van der Waals surface area (Å²) < 4.78 is 68.9. The van der Waals surface area contributed by atoms with Crippen LogP contribution in [0.4, 0.5) is 5.95 Å². The fourth-order valence-corrected chi connectivity index (χ4v) is 8.84. The van der Waals surface area contributed by atoms with Crippen molar-refractivity contribution in [3.63, 3.8) is 0 Å². The van der Waals surface area contributed by atoms with Crippen LogP contribution < -0.4 is 33.8 Å². The molecule has 29 nitrogen and oxygen atoms in total. The normalized spacial score (nSPS) is 28.4. The number of aliphatic hydroxyl groups is 1. The Morgan fingerprint density at radius 2 is 1.33 bits per heavy atom. The van der Waals surface area contributed by atoms with Crippen LogP contribution in [0.25, 0.3) is 21.6 Å². The number of nitrogen functional groups attached to an aromatic ring is 1. The topological polar surface area (TPSA) is 408 Å². The van der Waals surface area contributed by atoms with Crippen molar-refractivity contribution in [3.8, 4) is 0 Å². The zero-order chi connectivity index (χ0) is 44.0. The maximum absolute atomic E-state index is 13.4. The number of nitrogens with one attached hydrogen (secondary N) is 3. The zero-order valence-corrected chi connectivity index (χ0v) is 33.6. The molecule has 31 heteroatoms. The van der Waals surface area contributed by atoms with Crippen LogP contribution in [0.2, 0.25) is 0 Å². The van der Waals surface area contributed by atoms with Gasteiger partial charge in [0.05, 0.1) is 38.3 Å². The highest BCUT2D eigenvalue weighted by Crippen LogP contribution is 2.52. The predicted octanol–water partition coefficient (Wildman–Crippen LogP) is -1.04. The van der Waals surface area contributed by atoms with E-state index in [1.807, 2.05) is 0 Å². The SMILES string of the molecule is Cc1cn([C@H]2C[C@H](OP(=O)(O)OC[C@H]3O[C@@H](n4cc(C)c(=O)[nH]c4=O)C[C@@H]3O)[C@@H](COP(=O)(O)O[C@H]3C[C@H](n4cnc5c(=O)[nH]c(N)nc54)O[C@@H]3CN=[N+]=[N-])O2)c(=O)[nH]c1=O. The Labute approximate surface area is 338 Å². The summed E-state index contributed by atoms with van der Waals surface area (Å²) in [6, 6.07) is 0. The van der Waals surface area contributed by atoms with Crippen molar-refractivity contribution < 1.29 is 56.3 Å². The maximum atomic E-state index is 13.4. The van der Waals surface area contributed by atoms with Gasteiger partial charge in [-0.3, -0.25) is 61.1 Å². The Morgan fingerprint density at radius 1 is 0.820 bits per heavy atom. The van der Waals surface area contributed by atoms with E-state index >= 15 is 0 Å². The van der Waals surface area contributed by atoms with Gasteiger partial charge < -0.3 is 34.8 Å². The first kappa shape index (κ1) is 44.0. The number of nitrogens with zero attached hydrogens (tertiary/aromatic N) is 8. The maximum Gasteiger partial charge on any atom is 0.472 e. The monoisotopic (exact) mass is 900 g/mol. The fourth-order valence-electron chi connectivity index (χ4n) is 6.92.